The lowest BCUT2D eigenvalue weighted by Crippen LogP contribution is -2.55. The summed E-state index contributed by atoms with van der Waals surface area (Å²) in [5.74, 6) is -7.76. The largest absolute Gasteiger partial charge is 0.496 e. The van der Waals surface area contributed by atoms with Gasteiger partial charge < -0.3 is 43.6 Å². The van der Waals surface area contributed by atoms with Crippen LogP contribution in [0.25, 0.3) is 0 Å². The van der Waals surface area contributed by atoms with Gasteiger partial charge in [0.2, 0.25) is 11.6 Å². The highest BCUT2D eigenvalue weighted by atomic mass is 35.5. The Morgan fingerprint density at radius 2 is 1.49 bits per heavy atom. The number of fused-ring (bicyclic) bond motifs is 3. The number of rotatable bonds is 10. The Morgan fingerprint density at radius 3 is 2.05 bits per heavy atom. The molecule has 2 aliphatic carbocycles. The standard InChI is InChI=1S/C37H39NO16.ClH/c1-15-34(50-17(3)40)23(38)11-27(49-15)53-25-13-37(54-20(6)43,26(44)14-48-16(2)39)12-22-29(25)36(52-19(5)42)31-30(35(22)51-18(4)41)32(45)21-9-8-10-24(47-7)28(21)33(31)46;/h8-10,15,23,25,27,34H,11-14,38H2,1-7H3;1H/t15?,23?,25-,27?,34?,37-;/m0./s1. The van der Waals surface area contributed by atoms with Gasteiger partial charge in [-0.15, -0.1) is 12.4 Å². The quantitative estimate of drug-likeness (QED) is 0.176. The molecule has 3 aliphatic rings. The molecule has 1 aliphatic heterocycles. The summed E-state index contributed by atoms with van der Waals surface area (Å²) in [4.78, 5) is 105. The predicted octanol–water partition coefficient (Wildman–Crippen LogP) is 2.57. The molecule has 2 N–H and O–H groups in total. The first-order chi connectivity index (χ1) is 25.4. The maximum atomic E-state index is 14.5. The van der Waals surface area contributed by atoms with Crippen molar-refractivity contribution in [1.82, 2.24) is 0 Å². The number of ketones is 3. The van der Waals surface area contributed by atoms with Crippen molar-refractivity contribution in [2.45, 2.75) is 97.0 Å². The number of methoxy groups -OCH3 is 1. The predicted molar refractivity (Wildman–Crippen MR) is 187 cm³/mol. The van der Waals surface area contributed by atoms with Gasteiger partial charge in [0.05, 0.1) is 36.0 Å². The van der Waals surface area contributed by atoms with E-state index >= 15 is 0 Å². The topological polar surface area (TPSA) is 236 Å². The van der Waals surface area contributed by atoms with E-state index in [1.54, 1.807) is 6.92 Å². The van der Waals surface area contributed by atoms with Crippen LogP contribution in [0.3, 0.4) is 0 Å². The van der Waals surface area contributed by atoms with Crippen molar-refractivity contribution in [1.29, 1.82) is 0 Å². The van der Waals surface area contributed by atoms with Crippen LogP contribution in [0.1, 0.15) is 103 Å². The molecule has 5 rings (SSSR count). The minimum Gasteiger partial charge on any atom is -0.496 e. The Morgan fingerprint density at radius 1 is 0.855 bits per heavy atom. The molecule has 0 aromatic heterocycles. The monoisotopic (exact) mass is 789 g/mol. The number of hydrogen-bond donors (Lipinski definition) is 1. The van der Waals surface area contributed by atoms with E-state index in [1.807, 2.05) is 0 Å². The summed E-state index contributed by atoms with van der Waals surface area (Å²) >= 11 is 0. The van der Waals surface area contributed by atoms with Crippen LogP contribution in [0.15, 0.2) is 18.2 Å². The van der Waals surface area contributed by atoms with E-state index in [-0.39, 0.29) is 46.8 Å². The molecule has 1 saturated heterocycles. The zero-order chi connectivity index (χ0) is 39.8. The number of nitrogens with two attached hydrogens (primary N) is 1. The molecule has 17 nitrogen and oxygen atoms in total. The molecule has 0 bridgehead atoms. The van der Waals surface area contributed by atoms with Gasteiger partial charge in [-0.25, -0.2) is 0 Å². The number of halogens is 1. The Kier molecular flexibility index (Phi) is 12.9. The Bertz CT molecular complexity index is 1960. The molecule has 1 heterocycles. The SMILES string of the molecule is COc1cccc2c1C(=O)c1c(OC(C)=O)c3c(c(OC(C)=O)c1C2=O)C[C@@](OC(C)=O)(C(=O)COC(C)=O)C[C@@H]3OC1CC(N)C(OC(C)=O)C(C)O1.Cl. The first kappa shape index (κ1) is 42.5. The van der Waals surface area contributed by atoms with Crippen molar-refractivity contribution in [3.63, 3.8) is 0 Å². The van der Waals surface area contributed by atoms with Gasteiger partial charge in [-0.2, -0.15) is 0 Å². The fraction of sp³-hybridized carbons (Fsp3) is 0.459. The lowest BCUT2D eigenvalue weighted by molar-refractivity contribution is -0.251. The number of carbonyl (C=O) groups is 8. The Labute approximate surface area is 320 Å². The summed E-state index contributed by atoms with van der Waals surface area (Å²) in [5, 5.41) is 0. The van der Waals surface area contributed by atoms with Crippen LogP contribution in [0.5, 0.6) is 17.2 Å². The maximum Gasteiger partial charge on any atom is 0.308 e. The highest BCUT2D eigenvalue weighted by molar-refractivity contribution is 6.31. The molecule has 4 unspecified atom stereocenters. The van der Waals surface area contributed by atoms with Crippen molar-refractivity contribution in [2.75, 3.05) is 13.7 Å². The summed E-state index contributed by atoms with van der Waals surface area (Å²) in [6.45, 7) is 6.10. The summed E-state index contributed by atoms with van der Waals surface area (Å²) in [5.41, 5.74) is 2.64. The number of carbonyl (C=O) groups excluding carboxylic acids is 8. The molecular formula is C37H40ClNO16. The van der Waals surface area contributed by atoms with E-state index in [0.717, 1.165) is 27.7 Å². The second-order valence-corrected chi connectivity index (χ2v) is 13.1. The molecule has 18 heteroatoms. The average Bonchev–Trinajstić information content (AvgIpc) is 3.07. The molecule has 0 amide bonds. The minimum absolute atomic E-state index is 0. The molecule has 0 saturated carbocycles. The molecule has 0 radical (unpaired) electrons. The fourth-order valence-corrected chi connectivity index (χ4v) is 7.13. The van der Waals surface area contributed by atoms with Crippen LogP contribution in [0.2, 0.25) is 0 Å². The van der Waals surface area contributed by atoms with E-state index in [1.165, 1.54) is 32.2 Å². The van der Waals surface area contributed by atoms with Gasteiger partial charge >= 0.3 is 29.8 Å². The summed E-state index contributed by atoms with van der Waals surface area (Å²) in [6, 6.07) is 3.45. The van der Waals surface area contributed by atoms with Crippen LogP contribution in [0.4, 0.5) is 0 Å². The number of Topliss-reactive ketones (excluding diaryl/α,β-unsaturated/α-hetero) is 1. The number of benzene rings is 2. The summed E-state index contributed by atoms with van der Waals surface area (Å²) in [6.07, 6.45) is -5.72. The van der Waals surface area contributed by atoms with Crippen molar-refractivity contribution in [3.05, 3.63) is 51.6 Å². The molecule has 0 spiro atoms. The van der Waals surface area contributed by atoms with Gasteiger partial charge in [0.15, 0.2) is 24.3 Å². The van der Waals surface area contributed by atoms with Crippen molar-refractivity contribution in [3.8, 4) is 17.2 Å². The third kappa shape index (κ3) is 8.39. The van der Waals surface area contributed by atoms with E-state index in [2.05, 4.69) is 0 Å². The first-order valence-corrected chi connectivity index (χ1v) is 16.8. The Hall–Kier alpha value is -5.23. The van der Waals surface area contributed by atoms with Gasteiger partial charge in [0, 0.05) is 76.6 Å². The van der Waals surface area contributed by atoms with E-state index in [9.17, 15) is 38.4 Å². The van der Waals surface area contributed by atoms with Crippen molar-refractivity contribution < 1.29 is 76.3 Å². The third-order valence-electron chi connectivity index (χ3n) is 9.10. The molecule has 2 aromatic carbocycles. The van der Waals surface area contributed by atoms with Gasteiger partial charge in [-0.05, 0) is 13.0 Å². The minimum atomic E-state index is -2.22. The lowest BCUT2D eigenvalue weighted by Gasteiger charge is -2.44. The van der Waals surface area contributed by atoms with E-state index < -0.39 is 126 Å². The normalized spacial score (nSPS) is 23.7. The summed E-state index contributed by atoms with van der Waals surface area (Å²) in [7, 11) is 1.29. The molecule has 296 valence electrons. The number of esters is 5. The molecule has 55 heavy (non-hydrogen) atoms. The molecule has 1 fully saturated rings. The molecule has 6 atom stereocenters. The zero-order valence-corrected chi connectivity index (χ0v) is 31.8. The second kappa shape index (κ2) is 16.6. The first-order valence-electron chi connectivity index (χ1n) is 16.8. The highest BCUT2D eigenvalue weighted by Gasteiger charge is 2.54. The lowest BCUT2D eigenvalue weighted by atomic mass is 9.71. The van der Waals surface area contributed by atoms with E-state index in [4.69, 9.17) is 43.6 Å². The smallest absolute Gasteiger partial charge is 0.308 e. The van der Waals surface area contributed by atoms with Crippen LogP contribution in [0, 0.1) is 0 Å². The van der Waals surface area contributed by atoms with Crippen LogP contribution >= 0.6 is 12.4 Å². The second-order valence-electron chi connectivity index (χ2n) is 13.1. The van der Waals surface area contributed by atoms with Gasteiger partial charge in [0.1, 0.15) is 23.4 Å². The van der Waals surface area contributed by atoms with Crippen molar-refractivity contribution in [2.24, 2.45) is 5.73 Å². The molecule has 2 aromatic rings. The Balaban J connectivity index is 0.00000673. The average molecular weight is 790 g/mol. The highest BCUT2D eigenvalue weighted by Crippen LogP contribution is 2.54. The van der Waals surface area contributed by atoms with Gasteiger partial charge in [0.25, 0.3) is 0 Å². The third-order valence-corrected chi connectivity index (χ3v) is 9.10. The summed E-state index contributed by atoms with van der Waals surface area (Å²) < 4.78 is 45.4. The number of hydrogen-bond acceptors (Lipinski definition) is 17. The number of ether oxygens (including phenoxy) is 8. The van der Waals surface area contributed by atoms with Crippen LogP contribution < -0.4 is 19.9 Å². The molecular weight excluding hydrogens is 750 g/mol. The zero-order valence-electron chi connectivity index (χ0n) is 31.0. The maximum absolute atomic E-state index is 14.5. The van der Waals surface area contributed by atoms with Gasteiger partial charge in [-0.1, -0.05) is 12.1 Å². The fourth-order valence-electron chi connectivity index (χ4n) is 7.13. The van der Waals surface area contributed by atoms with Crippen molar-refractivity contribution >= 4 is 59.6 Å². The van der Waals surface area contributed by atoms with Crippen LogP contribution in [-0.2, 0) is 58.9 Å². The van der Waals surface area contributed by atoms with E-state index in [0.29, 0.717) is 0 Å². The van der Waals surface area contributed by atoms with Gasteiger partial charge in [-0.3, -0.25) is 38.4 Å². The van der Waals surface area contributed by atoms with Crippen LogP contribution in [-0.4, -0.2) is 91.1 Å².